The molecule has 2 saturated heterocycles. The van der Waals surface area contributed by atoms with Crippen LogP contribution in [0.1, 0.15) is 32.2 Å². The van der Waals surface area contributed by atoms with Gasteiger partial charge in [0.05, 0.1) is 6.04 Å². The summed E-state index contributed by atoms with van der Waals surface area (Å²) >= 11 is 0. The van der Waals surface area contributed by atoms with Crippen molar-refractivity contribution in [3.05, 3.63) is 23.8 Å². The van der Waals surface area contributed by atoms with Crippen molar-refractivity contribution >= 4 is 6.09 Å². The lowest BCUT2D eigenvalue weighted by atomic mass is 9.93. The summed E-state index contributed by atoms with van der Waals surface area (Å²) < 4.78 is 5.46. The normalized spacial score (nSPS) is 24.8. The van der Waals surface area contributed by atoms with Crippen molar-refractivity contribution in [3.8, 4) is 0 Å². The lowest BCUT2D eigenvalue weighted by Gasteiger charge is -2.43. The first kappa shape index (κ1) is 15.2. The summed E-state index contributed by atoms with van der Waals surface area (Å²) in [5, 5.41) is 0. The number of nitrogens with zero attached hydrogens (tertiary/aromatic N) is 4. The Kier molecular flexibility index (Phi) is 3.80. The molecule has 0 aliphatic carbocycles. The Morgan fingerprint density at radius 2 is 1.95 bits per heavy atom. The van der Waals surface area contributed by atoms with Gasteiger partial charge in [0.2, 0.25) is 0 Å². The van der Waals surface area contributed by atoms with E-state index >= 15 is 0 Å². The average Bonchev–Trinajstić information content (AvgIpc) is 2.68. The van der Waals surface area contributed by atoms with Crippen molar-refractivity contribution in [2.45, 2.75) is 45.9 Å². The predicted molar refractivity (Wildman–Crippen MR) is 82.3 cm³/mol. The number of fused-ring (bicyclic) bond motifs is 1. The largest absolute Gasteiger partial charge is 0.444 e. The van der Waals surface area contributed by atoms with Gasteiger partial charge in [-0.2, -0.15) is 0 Å². The number of hydrogen-bond acceptors (Lipinski definition) is 5. The lowest BCUT2D eigenvalue weighted by molar-refractivity contribution is -0.0164. The second-order valence-corrected chi connectivity index (χ2v) is 7.29. The summed E-state index contributed by atoms with van der Waals surface area (Å²) in [7, 11) is 0. The number of likely N-dealkylation sites (tertiary alicyclic amines) is 2. The standard InChI is InChI=1S/C16H24N4O2/c1-11-17-5-12(6-18-11)7-19-8-13-9-20(14(13)10-19)15(21)22-16(2,3)4/h5-6,13-14H,7-10H2,1-4H3/t13-,14-/m1/s1. The van der Waals surface area contributed by atoms with E-state index in [1.165, 1.54) is 0 Å². The highest BCUT2D eigenvalue weighted by Crippen LogP contribution is 2.34. The molecule has 1 aromatic rings. The van der Waals surface area contributed by atoms with E-state index in [-0.39, 0.29) is 6.09 Å². The summed E-state index contributed by atoms with van der Waals surface area (Å²) in [6, 6.07) is 0.293. The van der Waals surface area contributed by atoms with Crippen LogP contribution in [-0.2, 0) is 11.3 Å². The smallest absolute Gasteiger partial charge is 0.410 e. The van der Waals surface area contributed by atoms with Gasteiger partial charge in [0, 0.05) is 50.1 Å². The molecule has 120 valence electrons. The molecule has 2 aliphatic rings. The van der Waals surface area contributed by atoms with Crippen LogP contribution in [0.3, 0.4) is 0 Å². The molecule has 1 amide bonds. The summed E-state index contributed by atoms with van der Waals surface area (Å²) in [4.78, 5) is 24.9. The molecule has 0 unspecified atom stereocenters. The Morgan fingerprint density at radius 3 is 2.59 bits per heavy atom. The Morgan fingerprint density at radius 1 is 1.27 bits per heavy atom. The van der Waals surface area contributed by atoms with Gasteiger partial charge < -0.3 is 9.64 Å². The zero-order valence-electron chi connectivity index (χ0n) is 13.7. The number of ether oxygens (including phenoxy) is 1. The van der Waals surface area contributed by atoms with E-state index in [2.05, 4.69) is 14.9 Å². The zero-order valence-corrected chi connectivity index (χ0v) is 13.7. The summed E-state index contributed by atoms with van der Waals surface area (Å²) in [5.41, 5.74) is 0.690. The number of carbonyl (C=O) groups excluding carboxylic acids is 1. The van der Waals surface area contributed by atoms with Gasteiger partial charge >= 0.3 is 6.09 Å². The molecular formula is C16H24N4O2. The molecule has 0 bridgehead atoms. The molecule has 2 fully saturated rings. The van der Waals surface area contributed by atoms with E-state index in [1.54, 1.807) is 0 Å². The topological polar surface area (TPSA) is 58.6 Å². The van der Waals surface area contributed by atoms with Crippen molar-refractivity contribution < 1.29 is 9.53 Å². The third-order valence-corrected chi connectivity index (χ3v) is 4.18. The number of amides is 1. The Labute approximate surface area is 131 Å². The number of rotatable bonds is 2. The first-order valence-electron chi connectivity index (χ1n) is 7.81. The van der Waals surface area contributed by atoms with Crippen molar-refractivity contribution in [2.75, 3.05) is 19.6 Å². The SMILES string of the molecule is Cc1ncc(CN2C[C@@H]3CN(C(=O)OC(C)(C)C)[C@@H]3C2)cn1. The number of aromatic nitrogens is 2. The maximum Gasteiger partial charge on any atom is 0.410 e. The quantitative estimate of drug-likeness (QED) is 0.834. The van der Waals surface area contributed by atoms with Crippen LogP contribution in [0.2, 0.25) is 0 Å². The third-order valence-electron chi connectivity index (χ3n) is 4.18. The summed E-state index contributed by atoms with van der Waals surface area (Å²) in [6.07, 6.45) is 3.58. The molecule has 6 nitrogen and oxygen atoms in total. The van der Waals surface area contributed by atoms with Crippen molar-refractivity contribution in [1.29, 1.82) is 0 Å². The fourth-order valence-electron chi connectivity index (χ4n) is 3.14. The van der Waals surface area contributed by atoms with Crippen LogP contribution in [0.25, 0.3) is 0 Å². The summed E-state index contributed by atoms with van der Waals surface area (Å²) in [6.45, 7) is 11.2. The van der Waals surface area contributed by atoms with Gasteiger partial charge in [0.25, 0.3) is 0 Å². The number of hydrogen-bond donors (Lipinski definition) is 0. The average molecular weight is 304 g/mol. The minimum absolute atomic E-state index is 0.186. The highest BCUT2D eigenvalue weighted by molar-refractivity contribution is 5.70. The van der Waals surface area contributed by atoms with Crippen molar-refractivity contribution in [3.63, 3.8) is 0 Å². The highest BCUT2D eigenvalue weighted by atomic mass is 16.6. The second kappa shape index (κ2) is 5.50. The molecule has 3 rings (SSSR count). The first-order valence-corrected chi connectivity index (χ1v) is 7.81. The number of carbonyl (C=O) groups is 1. The molecule has 2 aliphatic heterocycles. The zero-order chi connectivity index (χ0) is 15.9. The molecular weight excluding hydrogens is 280 g/mol. The van der Waals surface area contributed by atoms with E-state index < -0.39 is 5.60 Å². The van der Waals surface area contributed by atoms with Gasteiger partial charge in [-0.05, 0) is 27.7 Å². The van der Waals surface area contributed by atoms with Crippen LogP contribution in [0.15, 0.2) is 12.4 Å². The van der Waals surface area contributed by atoms with E-state index in [1.807, 2.05) is 45.0 Å². The molecule has 0 spiro atoms. The molecule has 0 radical (unpaired) electrons. The second-order valence-electron chi connectivity index (χ2n) is 7.29. The van der Waals surface area contributed by atoms with Crippen LogP contribution in [0, 0.1) is 12.8 Å². The van der Waals surface area contributed by atoms with Crippen molar-refractivity contribution in [1.82, 2.24) is 19.8 Å². The molecule has 2 atom stereocenters. The van der Waals surface area contributed by atoms with E-state index in [0.717, 1.165) is 37.6 Å². The lowest BCUT2D eigenvalue weighted by Crippen LogP contribution is -2.59. The fraction of sp³-hybridized carbons (Fsp3) is 0.688. The van der Waals surface area contributed by atoms with Gasteiger partial charge in [-0.1, -0.05) is 0 Å². The molecule has 6 heteroatoms. The van der Waals surface area contributed by atoms with E-state index in [9.17, 15) is 4.79 Å². The molecule has 0 N–H and O–H groups in total. The monoisotopic (exact) mass is 304 g/mol. The Balaban J connectivity index is 1.54. The van der Waals surface area contributed by atoms with Gasteiger partial charge in [0.15, 0.2) is 0 Å². The van der Waals surface area contributed by atoms with Gasteiger partial charge in [-0.15, -0.1) is 0 Å². The Hall–Kier alpha value is -1.69. The molecule has 22 heavy (non-hydrogen) atoms. The molecule has 1 aromatic heterocycles. The molecule has 0 aromatic carbocycles. The van der Waals surface area contributed by atoms with Gasteiger partial charge in [-0.25, -0.2) is 14.8 Å². The predicted octanol–water partition coefficient (Wildman–Crippen LogP) is 1.84. The summed E-state index contributed by atoms with van der Waals surface area (Å²) in [5.74, 6) is 1.36. The van der Waals surface area contributed by atoms with Crippen LogP contribution in [0.4, 0.5) is 4.79 Å². The van der Waals surface area contributed by atoms with Gasteiger partial charge in [-0.3, -0.25) is 4.90 Å². The fourth-order valence-corrected chi connectivity index (χ4v) is 3.14. The van der Waals surface area contributed by atoms with E-state index in [0.29, 0.717) is 12.0 Å². The maximum absolute atomic E-state index is 12.2. The highest BCUT2D eigenvalue weighted by Gasteiger charge is 2.48. The van der Waals surface area contributed by atoms with Crippen molar-refractivity contribution in [2.24, 2.45) is 5.92 Å². The maximum atomic E-state index is 12.2. The van der Waals surface area contributed by atoms with Crippen LogP contribution < -0.4 is 0 Å². The van der Waals surface area contributed by atoms with Crippen LogP contribution >= 0.6 is 0 Å². The minimum atomic E-state index is -0.431. The molecule has 3 heterocycles. The van der Waals surface area contributed by atoms with Crippen LogP contribution in [-0.4, -0.2) is 57.1 Å². The van der Waals surface area contributed by atoms with E-state index in [4.69, 9.17) is 4.74 Å². The minimum Gasteiger partial charge on any atom is -0.444 e. The first-order chi connectivity index (χ1) is 10.3. The Bertz CT molecular complexity index is 552. The molecule has 0 saturated carbocycles. The number of aryl methyl sites for hydroxylation is 1. The van der Waals surface area contributed by atoms with Crippen LogP contribution in [0.5, 0.6) is 0 Å². The third kappa shape index (κ3) is 3.21. The van der Waals surface area contributed by atoms with Gasteiger partial charge in [0.1, 0.15) is 11.4 Å².